The molecule has 0 aliphatic rings. The summed E-state index contributed by atoms with van der Waals surface area (Å²) in [6.45, 7) is 6.05. The van der Waals surface area contributed by atoms with E-state index in [0.717, 1.165) is 24.2 Å². The van der Waals surface area contributed by atoms with Gasteiger partial charge in [-0.2, -0.15) is 0 Å². The Bertz CT molecular complexity index is 669. The van der Waals surface area contributed by atoms with Crippen molar-refractivity contribution in [1.82, 2.24) is 20.4 Å². The highest BCUT2D eigenvalue weighted by molar-refractivity contribution is 5.54. The van der Waals surface area contributed by atoms with E-state index in [1.165, 1.54) is 0 Å². The maximum absolute atomic E-state index is 4.18. The van der Waals surface area contributed by atoms with Crippen LogP contribution in [-0.4, -0.2) is 20.4 Å². The van der Waals surface area contributed by atoms with Crippen molar-refractivity contribution >= 4 is 0 Å². The largest absolute Gasteiger partial charge is 0.205 e. The molecule has 0 amide bonds. The zero-order valence-electron chi connectivity index (χ0n) is 12.7. The Morgan fingerprint density at radius 2 is 0.955 bits per heavy atom. The number of aromatic nitrogens is 6. The second kappa shape index (κ2) is 6.34. The van der Waals surface area contributed by atoms with Crippen LogP contribution in [0.3, 0.4) is 0 Å². The highest BCUT2D eigenvalue weighted by Crippen LogP contribution is 2.14. The van der Waals surface area contributed by atoms with Crippen LogP contribution in [0, 0.1) is 0 Å². The molecule has 6 heteroatoms. The van der Waals surface area contributed by atoms with Gasteiger partial charge in [-0.05, 0) is 13.8 Å². The van der Waals surface area contributed by atoms with Crippen molar-refractivity contribution in [1.29, 1.82) is 0 Å². The van der Waals surface area contributed by atoms with Crippen molar-refractivity contribution in [3.8, 4) is 22.8 Å². The Kier molecular flexibility index (Phi) is 4.09. The number of nitrogens with zero attached hydrogens (tertiary/aromatic N) is 6. The van der Waals surface area contributed by atoms with Crippen LogP contribution in [0.4, 0.5) is 0 Å². The van der Waals surface area contributed by atoms with Gasteiger partial charge < -0.3 is 0 Å². The molecular formula is C16H18N6+2. The van der Waals surface area contributed by atoms with E-state index in [9.17, 15) is 0 Å². The van der Waals surface area contributed by atoms with Gasteiger partial charge in [-0.25, -0.2) is 9.13 Å². The van der Waals surface area contributed by atoms with E-state index in [0.29, 0.717) is 11.6 Å². The first-order chi connectivity index (χ1) is 10.8. The van der Waals surface area contributed by atoms with Crippen LogP contribution in [0.5, 0.6) is 0 Å². The highest BCUT2D eigenvalue weighted by atomic mass is 15.3. The second-order valence-corrected chi connectivity index (χ2v) is 4.88. The van der Waals surface area contributed by atoms with Gasteiger partial charge in [0, 0.05) is 35.4 Å². The monoisotopic (exact) mass is 294 g/mol. The first-order valence-corrected chi connectivity index (χ1v) is 7.36. The molecule has 0 aromatic carbocycles. The average molecular weight is 294 g/mol. The molecule has 6 nitrogen and oxygen atoms in total. The lowest BCUT2D eigenvalue weighted by atomic mass is 10.2. The lowest BCUT2D eigenvalue weighted by Crippen LogP contribution is -2.30. The summed E-state index contributed by atoms with van der Waals surface area (Å²) < 4.78 is 4.15. The third kappa shape index (κ3) is 2.95. The highest BCUT2D eigenvalue weighted by Gasteiger charge is 2.09. The molecule has 0 radical (unpaired) electrons. The maximum atomic E-state index is 4.18. The standard InChI is InChI=1S/C16H18N6/c1-3-21-9-5-13(6-10-21)15-17-19-16(20-18-15)14-7-11-22(4-2)12-8-14/h5-12H,3-4H2,1-2H3/q+2. The van der Waals surface area contributed by atoms with E-state index < -0.39 is 0 Å². The molecule has 0 saturated heterocycles. The van der Waals surface area contributed by atoms with Crippen LogP contribution >= 0.6 is 0 Å². The first-order valence-electron chi connectivity index (χ1n) is 7.36. The van der Waals surface area contributed by atoms with Gasteiger partial charge in [-0.15, -0.1) is 20.4 Å². The molecule has 0 fully saturated rings. The minimum absolute atomic E-state index is 0.534. The summed E-state index contributed by atoms with van der Waals surface area (Å²) in [6, 6.07) is 7.87. The summed E-state index contributed by atoms with van der Waals surface area (Å²) in [5, 5.41) is 16.7. The van der Waals surface area contributed by atoms with Gasteiger partial charge in [-0.1, -0.05) is 0 Å². The molecule has 22 heavy (non-hydrogen) atoms. The van der Waals surface area contributed by atoms with Gasteiger partial charge in [0.15, 0.2) is 24.8 Å². The van der Waals surface area contributed by atoms with E-state index in [2.05, 4.69) is 43.4 Å². The Hall–Kier alpha value is -2.76. The zero-order valence-corrected chi connectivity index (χ0v) is 12.7. The van der Waals surface area contributed by atoms with Gasteiger partial charge in [0.05, 0.1) is 0 Å². The number of hydrogen-bond donors (Lipinski definition) is 0. The van der Waals surface area contributed by atoms with Crippen LogP contribution in [0.25, 0.3) is 22.8 Å². The number of pyridine rings is 2. The summed E-state index contributed by atoms with van der Waals surface area (Å²) in [5.74, 6) is 1.07. The van der Waals surface area contributed by atoms with E-state index in [4.69, 9.17) is 0 Å². The SMILES string of the molecule is CC[n+]1ccc(-c2nnc(-c3cc[n+](CC)cc3)nn2)cc1. The summed E-state index contributed by atoms with van der Waals surface area (Å²) in [6.07, 6.45) is 7.97. The molecule has 0 aliphatic heterocycles. The fourth-order valence-electron chi connectivity index (χ4n) is 2.09. The summed E-state index contributed by atoms with van der Waals surface area (Å²) in [7, 11) is 0. The number of aryl methyl sites for hydroxylation is 2. The zero-order chi connectivity index (χ0) is 15.4. The molecule has 0 saturated carbocycles. The third-order valence-electron chi connectivity index (χ3n) is 3.51. The molecule has 0 unspecified atom stereocenters. The molecule has 110 valence electrons. The first kappa shape index (κ1) is 14.2. The molecule has 0 atom stereocenters. The van der Waals surface area contributed by atoms with Gasteiger partial charge >= 0.3 is 0 Å². The van der Waals surface area contributed by atoms with Crippen molar-refractivity contribution in [2.24, 2.45) is 0 Å². The fourth-order valence-corrected chi connectivity index (χ4v) is 2.09. The molecule has 3 heterocycles. The number of hydrogen-bond acceptors (Lipinski definition) is 4. The molecule has 0 aliphatic carbocycles. The van der Waals surface area contributed by atoms with E-state index in [1.807, 2.05) is 49.1 Å². The molecular weight excluding hydrogens is 276 g/mol. The van der Waals surface area contributed by atoms with Crippen LogP contribution < -0.4 is 9.13 Å². The Morgan fingerprint density at radius 1 is 0.636 bits per heavy atom. The summed E-state index contributed by atoms with van der Waals surface area (Å²) in [4.78, 5) is 0. The van der Waals surface area contributed by atoms with Crippen molar-refractivity contribution in [2.75, 3.05) is 0 Å². The predicted octanol–water partition coefficient (Wildman–Crippen LogP) is 1.22. The minimum atomic E-state index is 0.534. The van der Waals surface area contributed by atoms with Crippen LogP contribution in [0.2, 0.25) is 0 Å². The Labute approximate surface area is 129 Å². The molecule has 3 rings (SSSR count). The lowest BCUT2D eigenvalue weighted by molar-refractivity contribution is -0.693. The molecule has 0 spiro atoms. The molecule has 0 bridgehead atoms. The lowest BCUT2D eigenvalue weighted by Gasteiger charge is -2.00. The normalized spacial score (nSPS) is 10.6. The van der Waals surface area contributed by atoms with Gasteiger partial charge in [0.2, 0.25) is 11.6 Å². The van der Waals surface area contributed by atoms with Crippen LogP contribution in [0.15, 0.2) is 49.1 Å². The smallest absolute Gasteiger partial charge is 0.204 e. The summed E-state index contributed by atoms with van der Waals surface area (Å²) in [5.41, 5.74) is 1.82. The van der Waals surface area contributed by atoms with Crippen molar-refractivity contribution in [2.45, 2.75) is 26.9 Å². The topological polar surface area (TPSA) is 59.3 Å². The second-order valence-electron chi connectivity index (χ2n) is 4.88. The minimum Gasteiger partial charge on any atom is -0.205 e. The van der Waals surface area contributed by atoms with Crippen molar-refractivity contribution in [3.05, 3.63) is 49.1 Å². The molecule has 3 aromatic rings. The van der Waals surface area contributed by atoms with Crippen LogP contribution in [-0.2, 0) is 13.1 Å². The van der Waals surface area contributed by atoms with E-state index in [1.54, 1.807) is 0 Å². The van der Waals surface area contributed by atoms with E-state index in [-0.39, 0.29) is 0 Å². The quantitative estimate of drug-likeness (QED) is 0.679. The van der Waals surface area contributed by atoms with E-state index >= 15 is 0 Å². The predicted molar refractivity (Wildman–Crippen MR) is 80.2 cm³/mol. The molecule has 0 N–H and O–H groups in total. The Morgan fingerprint density at radius 3 is 1.23 bits per heavy atom. The third-order valence-corrected chi connectivity index (χ3v) is 3.51. The van der Waals surface area contributed by atoms with Crippen LogP contribution in [0.1, 0.15) is 13.8 Å². The summed E-state index contributed by atoms with van der Waals surface area (Å²) >= 11 is 0. The van der Waals surface area contributed by atoms with Gasteiger partial charge in [0.25, 0.3) is 0 Å². The van der Waals surface area contributed by atoms with Crippen molar-refractivity contribution < 1.29 is 9.13 Å². The van der Waals surface area contributed by atoms with Gasteiger partial charge in [0.1, 0.15) is 13.1 Å². The average Bonchev–Trinajstić information content (AvgIpc) is 2.62. The fraction of sp³-hybridized carbons (Fsp3) is 0.250. The maximum Gasteiger partial charge on any atom is 0.204 e. The number of rotatable bonds is 4. The van der Waals surface area contributed by atoms with Crippen molar-refractivity contribution in [3.63, 3.8) is 0 Å². The van der Waals surface area contributed by atoms with Gasteiger partial charge in [-0.3, -0.25) is 0 Å². The molecule has 3 aromatic heterocycles. The Balaban J connectivity index is 1.84.